The molecule has 0 bridgehead atoms. The molecule has 1 atom stereocenters. The summed E-state index contributed by atoms with van der Waals surface area (Å²) < 4.78 is 0. The van der Waals surface area contributed by atoms with Gasteiger partial charge < -0.3 is 0 Å². The van der Waals surface area contributed by atoms with Gasteiger partial charge in [-0.25, -0.2) is 0 Å². The molecule has 1 heteroatoms. The molecule has 1 fully saturated rings. The first-order chi connectivity index (χ1) is 6.92. The number of hydrogen-bond donors (Lipinski definition) is 0. The van der Waals surface area contributed by atoms with E-state index in [2.05, 4.69) is 27.4 Å². The second-order valence-electron chi connectivity index (χ2n) is 5.81. The Morgan fingerprint density at radius 2 is 1.93 bits per heavy atom. The summed E-state index contributed by atoms with van der Waals surface area (Å²) in [6.07, 6.45) is 8.56. The van der Waals surface area contributed by atoms with Gasteiger partial charge in [-0.05, 0) is 32.1 Å². The van der Waals surface area contributed by atoms with Crippen LogP contribution in [-0.4, -0.2) is 5.78 Å². The van der Waals surface area contributed by atoms with Crippen molar-refractivity contribution in [3.63, 3.8) is 0 Å². The Kier molecular flexibility index (Phi) is 3.75. The summed E-state index contributed by atoms with van der Waals surface area (Å²) >= 11 is 0. The normalized spacial score (nSPS) is 29.4. The molecule has 0 aliphatic heterocycles. The van der Waals surface area contributed by atoms with E-state index in [1.165, 1.54) is 6.42 Å². The van der Waals surface area contributed by atoms with Gasteiger partial charge in [0.05, 0.1) is 0 Å². The molecule has 0 unspecified atom stereocenters. The maximum atomic E-state index is 12.2. The van der Waals surface area contributed by atoms with Crippen LogP contribution in [0.2, 0.25) is 0 Å². The first-order valence-corrected chi connectivity index (χ1v) is 6.08. The molecular formula is C14H24O. The molecule has 1 aliphatic carbocycles. The Morgan fingerprint density at radius 1 is 1.27 bits per heavy atom. The Morgan fingerprint density at radius 3 is 2.40 bits per heavy atom. The number of carbonyl (C=O) groups is 1. The molecule has 0 aromatic carbocycles. The van der Waals surface area contributed by atoms with Crippen molar-refractivity contribution >= 4 is 5.78 Å². The largest absolute Gasteiger partial charge is 0.298 e. The zero-order valence-corrected chi connectivity index (χ0v) is 10.4. The molecule has 0 saturated heterocycles. The topological polar surface area (TPSA) is 17.1 Å². The number of Topliss-reactive ketones (excluding diaryl/α,β-unsaturated/α-hetero) is 1. The molecule has 0 amide bonds. The molecule has 1 rings (SSSR count). The number of unbranched alkanes of at least 4 members (excludes halogenated alkanes) is 2. The number of rotatable bonds is 5. The minimum Gasteiger partial charge on any atom is -0.298 e. The summed E-state index contributed by atoms with van der Waals surface area (Å²) in [5.41, 5.74) is -0.113. The SMILES string of the molecule is C=CCCCC[C@@]1(C)CCC(C)(C)C1=O. The van der Waals surface area contributed by atoms with Crippen LogP contribution >= 0.6 is 0 Å². The van der Waals surface area contributed by atoms with Crippen LogP contribution in [0.4, 0.5) is 0 Å². The lowest BCUT2D eigenvalue weighted by atomic mass is 9.78. The number of allylic oxidation sites excluding steroid dienone is 1. The zero-order chi connectivity index (χ0) is 11.5. The summed E-state index contributed by atoms with van der Waals surface area (Å²) in [7, 11) is 0. The van der Waals surface area contributed by atoms with Gasteiger partial charge in [0.15, 0.2) is 0 Å². The average molecular weight is 208 g/mol. The quantitative estimate of drug-likeness (QED) is 0.490. The first kappa shape index (κ1) is 12.5. The molecule has 1 nitrogen and oxygen atoms in total. The van der Waals surface area contributed by atoms with Gasteiger partial charge in [0.25, 0.3) is 0 Å². The second kappa shape index (κ2) is 4.51. The lowest BCUT2D eigenvalue weighted by molar-refractivity contribution is -0.132. The van der Waals surface area contributed by atoms with E-state index in [-0.39, 0.29) is 10.8 Å². The Hall–Kier alpha value is -0.590. The molecule has 0 aromatic rings. The highest BCUT2D eigenvalue weighted by Gasteiger charge is 2.47. The van der Waals surface area contributed by atoms with Crippen LogP contribution < -0.4 is 0 Å². The Labute approximate surface area is 93.9 Å². The van der Waals surface area contributed by atoms with Crippen LogP contribution in [0, 0.1) is 10.8 Å². The van der Waals surface area contributed by atoms with Gasteiger partial charge in [-0.3, -0.25) is 4.79 Å². The minimum atomic E-state index is -0.0762. The summed E-state index contributed by atoms with van der Waals surface area (Å²) in [5, 5.41) is 0. The lowest BCUT2D eigenvalue weighted by Gasteiger charge is -2.24. The summed E-state index contributed by atoms with van der Waals surface area (Å²) in [6.45, 7) is 10.0. The summed E-state index contributed by atoms with van der Waals surface area (Å²) in [6, 6.07) is 0. The predicted molar refractivity (Wildman–Crippen MR) is 64.8 cm³/mol. The van der Waals surface area contributed by atoms with Crippen molar-refractivity contribution in [3.05, 3.63) is 12.7 Å². The van der Waals surface area contributed by atoms with E-state index in [9.17, 15) is 4.79 Å². The molecule has 15 heavy (non-hydrogen) atoms. The third-order valence-electron chi connectivity index (χ3n) is 3.85. The van der Waals surface area contributed by atoms with Gasteiger partial charge in [-0.1, -0.05) is 33.3 Å². The molecule has 0 aromatic heterocycles. The van der Waals surface area contributed by atoms with Crippen molar-refractivity contribution in [2.75, 3.05) is 0 Å². The van der Waals surface area contributed by atoms with Crippen LogP contribution in [0.15, 0.2) is 12.7 Å². The van der Waals surface area contributed by atoms with Crippen molar-refractivity contribution < 1.29 is 4.79 Å². The van der Waals surface area contributed by atoms with Crippen molar-refractivity contribution in [3.8, 4) is 0 Å². The van der Waals surface area contributed by atoms with Crippen LogP contribution in [0.3, 0.4) is 0 Å². The van der Waals surface area contributed by atoms with E-state index in [1.807, 2.05) is 6.08 Å². The molecule has 0 spiro atoms. The van der Waals surface area contributed by atoms with Crippen LogP contribution in [-0.2, 0) is 4.79 Å². The maximum Gasteiger partial charge on any atom is 0.144 e. The van der Waals surface area contributed by atoms with E-state index in [0.717, 1.165) is 32.1 Å². The minimum absolute atomic E-state index is 0.0370. The molecule has 0 N–H and O–H groups in total. The summed E-state index contributed by atoms with van der Waals surface area (Å²) in [5.74, 6) is 0.480. The van der Waals surface area contributed by atoms with Gasteiger partial charge >= 0.3 is 0 Å². The standard InChI is InChI=1S/C14H24O/c1-5-6-7-8-9-14(4)11-10-13(2,3)12(14)15/h5H,1,6-11H2,2-4H3/t14-/m0/s1. The van der Waals surface area contributed by atoms with Crippen molar-refractivity contribution in [2.45, 2.75) is 59.3 Å². The monoisotopic (exact) mass is 208 g/mol. The lowest BCUT2D eigenvalue weighted by Crippen LogP contribution is -2.29. The Bertz CT molecular complexity index is 252. The molecule has 86 valence electrons. The van der Waals surface area contributed by atoms with Gasteiger partial charge in [0.1, 0.15) is 5.78 Å². The van der Waals surface area contributed by atoms with Gasteiger partial charge in [0.2, 0.25) is 0 Å². The highest BCUT2D eigenvalue weighted by molar-refractivity contribution is 5.91. The molecular weight excluding hydrogens is 184 g/mol. The highest BCUT2D eigenvalue weighted by Crippen LogP contribution is 2.48. The number of ketones is 1. The third-order valence-corrected chi connectivity index (χ3v) is 3.85. The van der Waals surface area contributed by atoms with E-state index >= 15 is 0 Å². The third kappa shape index (κ3) is 2.70. The average Bonchev–Trinajstić information content (AvgIpc) is 2.39. The number of carbonyl (C=O) groups excluding carboxylic acids is 1. The van der Waals surface area contributed by atoms with E-state index in [4.69, 9.17) is 0 Å². The van der Waals surface area contributed by atoms with E-state index < -0.39 is 0 Å². The van der Waals surface area contributed by atoms with Crippen LogP contribution in [0.5, 0.6) is 0 Å². The summed E-state index contributed by atoms with van der Waals surface area (Å²) in [4.78, 5) is 12.2. The van der Waals surface area contributed by atoms with Gasteiger partial charge in [-0.15, -0.1) is 6.58 Å². The van der Waals surface area contributed by atoms with Crippen molar-refractivity contribution in [1.82, 2.24) is 0 Å². The molecule has 1 aliphatic rings. The van der Waals surface area contributed by atoms with E-state index in [1.54, 1.807) is 0 Å². The van der Waals surface area contributed by atoms with E-state index in [0.29, 0.717) is 5.78 Å². The smallest absolute Gasteiger partial charge is 0.144 e. The molecule has 0 radical (unpaired) electrons. The van der Waals surface area contributed by atoms with Crippen molar-refractivity contribution in [2.24, 2.45) is 10.8 Å². The first-order valence-electron chi connectivity index (χ1n) is 6.08. The fourth-order valence-electron chi connectivity index (χ4n) is 2.67. The highest BCUT2D eigenvalue weighted by atomic mass is 16.1. The van der Waals surface area contributed by atoms with Gasteiger partial charge in [0, 0.05) is 10.8 Å². The van der Waals surface area contributed by atoms with Gasteiger partial charge in [-0.2, -0.15) is 0 Å². The van der Waals surface area contributed by atoms with Crippen LogP contribution in [0.25, 0.3) is 0 Å². The number of hydrogen-bond acceptors (Lipinski definition) is 1. The van der Waals surface area contributed by atoms with Crippen LogP contribution in [0.1, 0.15) is 59.3 Å². The Balaban J connectivity index is 2.47. The molecule has 0 heterocycles. The zero-order valence-electron chi connectivity index (χ0n) is 10.4. The molecule has 1 saturated carbocycles. The fraction of sp³-hybridized carbons (Fsp3) is 0.786. The van der Waals surface area contributed by atoms with Crippen molar-refractivity contribution in [1.29, 1.82) is 0 Å². The maximum absolute atomic E-state index is 12.2. The predicted octanol–water partition coefficient (Wildman–Crippen LogP) is 4.13. The second-order valence-corrected chi connectivity index (χ2v) is 5.81. The fourth-order valence-corrected chi connectivity index (χ4v) is 2.67.